The lowest BCUT2D eigenvalue weighted by molar-refractivity contribution is 0.0948. The number of ether oxygens (including phenoxy) is 2. The van der Waals surface area contributed by atoms with Gasteiger partial charge in [0.1, 0.15) is 10.8 Å². The summed E-state index contributed by atoms with van der Waals surface area (Å²) in [7, 11) is 1.61. The number of thiophene rings is 1. The van der Waals surface area contributed by atoms with Crippen LogP contribution in [0.1, 0.15) is 51.9 Å². The van der Waals surface area contributed by atoms with Gasteiger partial charge in [-0.05, 0) is 78.4 Å². The minimum Gasteiger partial charge on any atom is -0.493 e. The first-order valence-corrected chi connectivity index (χ1v) is 12.2. The van der Waals surface area contributed by atoms with Crippen LogP contribution in [0.5, 0.6) is 11.5 Å². The van der Waals surface area contributed by atoms with Crippen LogP contribution >= 0.6 is 27.3 Å². The maximum atomic E-state index is 13.1. The summed E-state index contributed by atoms with van der Waals surface area (Å²) >= 11 is 5.19. The fraction of sp³-hybridized carbons (Fsp3) is 0.333. The van der Waals surface area contributed by atoms with Crippen molar-refractivity contribution in [2.75, 3.05) is 13.7 Å². The molecule has 0 bridgehead atoms. The molecule has 0 fully saturated rings. The van der Waals surface area contributed by atoms with Crippen LogP contribution in [0.2, 0.25) is 0 Å². The van der Waals surface area contributed by atoms with Crippen LogP contribution in [0.4, 0.5) is 5.00 Å². The molecule has 0 radical (unpaired) electrons. The fourth-order valence-corrected chi connectivity index (χ4v) is 5.41. The normalized spacial score (nSPS) is 13.2. The van der Waals surface area contributed by atoms with E-state index in [1.807, 2.05) is 31.2 Å². The monoisotopic (exact) mass is 516 g/mol. The third-order valence-corrected chi connectivity index (χ3v) is 7.17. The molecule has 1 aromatic carbocycles. The van der Waals surface area contributed by atoms with Crippen LogP contribution in [-0.4, -0.2) is 25.8 Å². The number of halogens is 1. The highest BCUT2D eigenvalue weighted by Crippen LogP contribution is 2.40. The van der Waals surface area contributed by atoms with E-state index >= 15 is 0 Å². The zero-order chi connectivity index (χ0) is 22.5. The molecular weight excluding hydrogens is 492 g/mol. The zero-order valence-corrected chi connectivity index (χ0v) is 20.5. The van der Waals surface area contributed by atoms with Crippen molar-refractivity contribution in [3.8, 4) is 11.5 Å². The summed E-state index contributed by atoms with van der Waals surface area (Å²) in [5.41, 5.74) is 2.67. The van der Waals surface area contributed by atoms with Crippen molar-refractivity contribution in [3.63, 3.8) is 0 Å². The van der Waals surface area contributed by atoms with E-state index < -0.39 is 0 Å². The van der Waals surface area contributed by atoms with E-state index in [9.17, 15) is 4.79 Å². The smallest absolute Gasteiger partial charge is 0.255 e. The minimum atomic E-state index is -0.114. The maximum Gasteiger partial charge on any atom is 0.255 e. The number of benzene rings is 1. The molecular formula is C24H25BrN2O4S. The molecule has 2 heterocycles. The van der Waals surface area contributed by atoms with Gasteiger partial charge in [0, 0.05) is 21.1 Å². The first-order chi connectivity index (χ1) is 15.6. The van der Waals surface area contributed by atoms with Gasteiger partial charge in [0.05, 0.1) is 32.1 Å². The number of fused-ring (bicyclic) bond motifs is 1. The lowest BCUT2D eigenvalue weighted by Crippen LogP contribution is -2.23. The largest absolute Gasteiger partial charge is 0.493 e. The van der Waals surface area contributed by atoms with Gasteiger partial charge >= 0.3 is 0 Å². The zero-order valence-electron chi connectivity index (χ0n) is 18.1. The molecule has 0 unspecified atom stereocenters. The molecule has 1 aliphatic carbocycles. The standard InChI is InChI=1S/C24H25BrN2O4S/c1-3-30-20-11-15(18(25)12-19(20)29-2)13-27-24-22(17-8-4-5-9-21(17)32-24)23(28)26-14-16-7-6-10-31-16/h6-7,10-13H,3-5,8-9,14H2,1-2H3,(H,26,28)/b27-13+. The topological polar surface area (TPSA) is 73.1 Å². The Hall–Kier alpha value is -2.58. The number of amides is 1. The molecule has 0 spiro atoms. The maximum absolute atomic E-state index is 13.1. The number of nitrogens with zero attached hydrogens (tertiary/aromatic N) is 1. The van der Waals surface area contributed by atoms with Crippen molar-refractivity contribution in [1.29, 1.82) is 0 Å². The molecule has 1 aliphatic rings. The molecule has 0 saturated heterocycles. The average molecular weight is 517 g/mol. The number of methoxy groups -OCH3 is 1. The lowest BCUT2D eigenvalue weighted by atomic mass is 9.95. The number of nitrogens with one attached hydrogen (secondary N) is 1. The summed E-state index contributed by atoms with van der Waals surface area (Å²) in [5, 5.41) is 3.71. The molecule has 8 heteroatoms. The van der Waals surface area contributed by atoms with E-state index in [-0.39, 0.29) is 5.91 Å². The molecule has 0 saturated carbocycles. The Morgan fingerprint density at radius 3 is 2.91 bits per heavy atom. The number of aliphatic imine (C=N–C) groups is 1. The van der Waals surface area contributed by atoms with Gasteiger partial charge in [-0.3, -0.25) is 4.79 Å². The Balaban J connectivity index is 1.65. The number of carbonyl (C=O) groups is 1. The second kappa shape index (κ2) is 10.4. The van der Waals surface area contributed by atoms with E-state index in [1.54, 1.807) is 30.9 Å². The molecule has 32 heavy (non-hydrogen) atoms. The molecule has 1 N–H and O–H groups in total. The van der Waals surface area contributed by atoms with Crippen molar-refractivity contribution in [2.24, 2.45) is 4.99 Å². The summed E-state index contributed by atoms with van der Waals surface area (Å²) in [6, 6.07) is 7.41. The van der Waals surface area contributed by atoms with E-state index in [0.29, 0.717) is 30.2 Å². The predicted octanol–water partition coefficient (Wildman–Crippen LogP) is 6.07. The molecule has 2 aromatic heterocycles. The highest BCUT2D eigenvalue weighted by Gasteiger charge is 2.25. The minimum absolute atomic E-state index is 0.114. The van der Waals surface area contributed by atoms with Crippen LogP contribution < -0.4 is 14.8 Å². The van der Waals surface area contributed by atoms with Gasteiger partial charge in [0.2, 0.25) is 0 Å². The third kappa shape index (κ3) is 4.91. The third-order valence-electron chi connectivity index (χ3n) is 5.29. The van der Waals surface area contributed by atoms with Gasteiger partial charge in [-0.25, -0.2) is 4.99 Å². The van der Waals surface area contributed by atoms with Gasteiger partial charge in [0.25, 0.3) is 5.91 Å². The Labute approximate surface area is 199 Å². The number of furan rings is 1. The molecule has 0 atom stereocenters. The quantitative estimate of drug-likeness (QED) is 0.368. The van der Waals surface area contributed by atoms with E-state index in [2.05, 4.69) is 21.2 Å². The van der Waals surface area contributed by atoms with Crippen LogP contribution in [-0.2, 0) is 19.4 Å². The van der Waals surface area contributed by atoms with Crippen LogP contribution in [0.15, 0.2) is 44.4 Å². The highest BCUT2D eigenvalue weighted by molar-refractivity contribution is 9.10. The summed E-state index contributed by atoms with van der Waals surface area (Å²) < 4.78 is 17.3. The molecule has 0 aliphatic heterocycles. The SMILES string of the molecule is CCOc1cc(/C=N/c2sc3c(c2C(=O)NCc2ccco2)CCCC3)c(Br)cc1OC. The summed E-state index contributed by atoms with van der Waals surface area (Å²) in [5.74, 6) is 1.91. The van der Waals surface area contributed by atoms with Gasteiger partial charge in [-0.2, -0.15) is 0 Å². The first kappa shape index (κ1) is 22.6. The molecule has 168 valence electrons. The predicted molar refractivity (Wildman–Crippen MR) is 130 cm³/mol. The van der Waals surface area contributed by atoms with Crippen LogP contribution in [0.3, 0.4) is 0 Å². The summed E-state index contributed by atoms with van der Waals surface area (Å²) in [4.78, 5) is 19.1. The number of aryl methyl sites for hydroxylation is 1. The second-order valence-electron chi connectivity index (χ2n) is 7.37. The van der Waals surface area contributed by atoms with Gasteiger partial charge in [0.15, 0.2) is 11.5 Å². The summed E-state index contributed by atoms with van der Waals surface area (Å²) in [6.45, 7) is 2.81. The van der Waals surface area contributed by atoms with Crippen molar-refractivity contribution >= 4 is 44.4 Å². The average Bonchev–Trinajstić information content (AvgIpc) is 3.45. The Kier molecular flexibility index (Phi) is 7.32. The van der Waals surface area contributed by atoms with Crippen molar-refractivity contribution in [1.82, 2.24) is 5.32 Å². The number of hydrogen-bond donors (Lipinski definition) is 1. The van der Waals surface area contributed by atoms with Crippen LogP contribution in [0, 0.1) is 0 Å². The van der Waals surface area contributed by atoms with E-state index in [0.717, 1.165) is 52.0 Å². The number of carbonyl (C=O) groups excluding carboxylic acids is 1. The molecule has 1 amide bonds. The lowest BCUT2D eigenvalue weighted by Gasteiger charge is -2.12. The second-order valence-corrected chi connectivity index (χ2v) is 9.31. The van der Waals surface area contributed by atoms with Crippen molar-refractivity contribution in [3.05, 3.63) is 62.3 Å². The highest BCUT2D eigenvalue weighted by atomic mass is 79.9. The van der Waals surface area contributed by atoms with Crippen LogP contribution in [0.25, 0.3) is 0 Å². The Bertz CT molecular complexity index is 1120. The summed E-state index contributed by atoms with van der Waals surface area (Å²) in [6.07, 6.45) is 7.51. The van der Waals surface area contributed by atoms with E-state index in [1.165, 1.54) is 4.88 Å². The van der Waals surface area contributed by atoms with Gasteiger partial charge in [-0.15, -0.1) is 11.3 Å². The number of hydrogen-bond acceptors (Lipinski definition) is 6. The molecule has 6 nitrogen and oxygen atoms in total. The fourth-order valence-electron chi connectivity index (χ4n) is 3.75. The Morgan fingerprint density at radius 2 is 2.16 bits per heavy atom. The Morgan fingerprint density at radius 1 is 1.31 bits per heavy atom. The first-order valence-electron chi connectivity index (χ1n) is 10.6. The van der Waals surface area contributed by atoms with Gasteiger partial charge < -0.3 is 19.2 Å². The van der Waals surface area contributed by atoms with Crippen molar-refractivity contribution < 1.29 is 18.7 Å². The number of rotatable bonds is 8. The van der Waals surface area contributed by atoms with E-state index in [4.69, 9.17) is 18.9 Å². The molecule has 3 aromatic rings. The molecule has 4 rings (SSSR count). The van der Waals surface area contributed by atoms with Gasteiger partial charge in [-0.1, -0.05) is 0 Å². The van der Waals surface area contributed by atoms with Crippen molar-refractivity contribution in [2.45, 2.75) is 39.2 Å².